The molecule has 1 heterocycles. The molecule has 1 aromatic rings. The number of carbonyl (C=O) groups is 1. The van der Waals surface area contributed by atoms with Gasteiger partial charge in [0, 0.05) is 9.75 Å². The number of amides is 1. The molecule has 4 N–H and O–H groups in total. The molecule has 104 valence electrons. The summed E-state index contributed by atoms with van der Waals surface area (Å²) in [5.74, 6) is -0.126. The maximum absolute atomic E-state index is 12.4. The Kier molecular flexibility index (Phi) is 3.80. The van der Waals surface area contributed by atoms with Gasteiger partial charge in [-0.3, -0.25) is 4.79 Å². The first-order chi connectivity index (χ1) is 8.99. The maximum atomic E-state index is 12.4. The predicted octanol–water partition coefficient (Wildman–Crippen LogP) is 2.15. The van der Waals surface area contributed by atoms with Gasteiger partial charge in [0.05, 0.1) is 6.04 Å². The average Bonchev–Trinajstić information content (AvgIpc) is 2.74. The van der Waals surface area contributed by atoms with E-state index in [2.05, 4.69) is 10.5 Å². The van der Waals surface area contributed by atoms with Crippen molar-refractivity contribution in [2.45, 2.75) is 39.2 Å². The second-order valence-corrected chi connectivity index (χ2v) is 6.38. The summed E-state index contributed by atoms with van der Waals surface area (Å²) < 4.78 is 0. The van der Waals surface area contributed by atoms with Gasteiger partial charge in [0.2, 0.25) is 5.91 Å². The summed E-state index contributed by atoms with van der Waals surface area (Å²) in [6.07, 6.45) is 2.21. The van der Waals surface area contributed by atoms with Crippen LogP contribution in [0, 0.1) is 12.3 Å². The molecule has 1 saturated carbocycles. The molecule has 1 amide bonds. The van der Waals surface area contributed by atoms with E-state index in [1.807, 2.05) is 26.0 Å². The molecule has 1 aliphatic rings. The monoisotopic (exact) mass is 281 g/mol. The van der Waals surface area contributed by atoms with Gasteiger partial charge in [-0.15, -0.1) is 11.3 Å². The van der Waals surface area contributed by atoms with Crippen molar-refractivity contribution in [1.82, 2.24) is 5.32 Å². The molecule has 1 unspecified atom stereocenters. The van der Waals surface area contributed by atoms with Gasteiger partial charge in [-0.1, -0.05) is 11.6 Å². The highest BCUT2D eigenvalue weighted by Crippen LogP contribution is 2.42. The number of nitrogens with two attached hydrogens (primary N) is 1. The summed E-state index contributed by atoms with van der Waals surface area (Å²) in [4.78, 5) is 14.7. The third-order valence-corrected chi connectivity index (χ3v) is 4.96. The first kappa shape index (κ1) is 13.9. The second-order valence-electron chi connectivity index (χ2n) is 5.06. The number of amidine groups is 1. The highest BCUT2D eigenvalue weighted by molar-refractivity contribution is 7.12. The molecule has 1 aromatic heterocycles. The van der Waals surface area contributed by atoms with Crippen LogP contribution >= 0.6 is 11.3 Å². The number of aryl methyl sites for hydroxylation is 1. The van der Waals surface area contributed by atoms with Crippen molar-refractivity contribution in [2.75, 3.05) is 0 Å². The molecular weight excluding hydrogens is 262 g/mol. The first-order valence-corrected chi connectivity index (χ1v) is 7.16. The molecule has 19 heavy (non-hydrogen) atoms. The van der Waals surface area contributed by atoms with Gasteiger partial charge < -0.3 is 16.3 Å². The van der Waals surface area contributed by atoms with E-state index >= 15 is 0 Å². The Morgan fingerprint density at radius 3 is 2.68 bits per heavy atom. The highest BCUT2D eigenvalue weighted by atomic mass is 32.1. The van der Waals surface area contributed by atoms with Crippen LogP contribution in [0.15, 0.2) is 17.3 Å². The Morgan fingerprint density at radius 1 is 1.58 bits per heavy atom. The van der Waals surface area contributed by atoms with Crippen LogP contribution in [0.25, 0.3) is 0 Å². The molecular formula is C13H19N3O2S. The van der Waals surface area contributed by atoms with Gasteiger partial charge in [0.1, 0.15) is 5.41 Å². The van der Waals surface area contributed by atoms with E-state index in [0.717, 1.165) is 11.3 Å². The van der Waals surface area contributed by atoms with Gasteiger partial charge in [-0.05, 0) is 38.8 Å². The summed E-state index contributed by atoms with van der Waals surface area (Å²) in [6.45, 7) is 3.98. The number of oxime groups is 1. The molecule has 1 atom stereocenters. The fraction of sp³-hybridized carbons (Fsp3) is 0.538. The van der Waals surface area contributed by atoms with Crippen LogP contribution in [0.5, 0.6) is 0 Å². The fourth-order valence-corrected chi connectivity index (χ4v) is 3.20. The molecule has 0 saturated heterocycles. The van der Waals surface area contributed by atoms with Crippen LogP contribution in [0.2, 0.25) is 0 Å². The Morgan fingerprint density at radius 2 is 2.26 bits per heavy atom. The number of hydrogen-bond acceptors (Lipinski definition) is 4. The van der Waals surface area contributed by atoms with E-state index in [-0.39, 0.29) is 17.8 Å². The third-order valence-electron chi connectivity index (χ3n) is 3.78. The fourth-order valence-electron chi connectivity index (χ4n) is 2.32. The number of hydrogen-bond donors (Lipinski definition) is 3. The van der Waals surface area contributed by atoms with Gasteiger partial charge in [-0.2, -0.15) is 0 Å². The van der Waals surface area contributed by atoms with E-state index < -0.39 is 5.41 Å². The van der Waals surface area contributed by atoms with Crippen LogP contribution in [-0.4, -0.2) is 17.0 Å². The van der Waals surface area contributed by atoms with Gasteiger partial charge in [0.25, 0.3) is 0 Å². The largest absolute Gasteiger partial charge is 0.409 e. The second kappa shape index (κ2) is 5.21. The SMILES string of the molecule is Cc1ccc(C(C)NC(=O)C2(/C(N)=N/O)CCC2)s1. The lowest BCUT2D eigenvalue weighted by Gasteiger charge is -2.39. The standard InChI is InChI=1S/C13H19N3O2S/c1-8-4-5-10(19-8)9(2)15-12(17)13(6-3-7-13)11(14)16-18/h4-5,9,18H,3,6-7H2,1-2H3,(H2,14,16)(H,15,17). The van der Waals surface area contributed by atoms with Crippen molar-refractivity contribution in [2.24, 2.45) is 16.3 Å². The van der Waals surface area contributed by atoms with E-state index in [1.165, 1.54) is 4.88 Å². The average molecular weight is 281 g/mol. The highest BCUT2D eigenvalue weighted by Gasteiger charge is 2.48. The van der Waals surface area contributed by atoms with Crippen LogP contribution < -0.4 is 11.1 Å². The first-order valence-electron chi connectivity index (χ1n) is 6.35. The third kappa shape index (κ3) is 2.45. The number of nitrogens with one attached hydrogen (secondary N) is 1. The summed E-state index contributed by atoms with van der Waals surface area (Å²) in [5, 5.41) is 14.8. The van der Waals surface area contributed by atoms with E-state index in [4.69, 9.17) is 10.9 Å². The number of nitrogens with zero attached hydrogens (tertiary/aromatic N) is 1. The van der Waals surface area contributed by atoms with Crippen molar-refractivity contribution in [3.05, 3.63) is 21.9 Å². The van der Waals surface area contributed by atoms with Crippen LogP contribution in [0.3, 0.4) is 0 Å². The lowest BCUT2D eigenvalue weighted by molar-refractivity contribution is -0.131. The Labute approximate surface area is 116 Å². The van der Waals surface area contributed by atoms with Crippen molar-refractivity contribution in [3.63, 3.8) is 0 Å². The zero-order chi connectivity index (χ0) is 14.0. The Bertz CT molecular complexity index is 506. The summed E-state index contributed by atoms with van der Waals surface area (Å²) >= 11 is 1.66. The molecule has 0 radical (unpaired) electrons. The van der Waals surface area contributed by atoms with Gasteiger partial charge in [-0.25, -0.2) is 0 Å². The lowest BCUT2D eigenvalue weighted by atomic mass is 9.67. The number of carbonyl (C=O) groups excluding carboxylic acids is 1. The molecule has 2 rings (SSSR count). The minimum absolute atomic E-state index is 0.0193. The molecule has 5 nitrogen and oxygen atoms in total. The molecule has 0 bridgehead atoms. The lowest BCUT2D eigenvalue weighted by Crippen LogP contribution is -2.54. The van der Waals surface area contributed by atoms with Crippen molar-refractivity contribution >= 4 is 23.1 Å². The molecule has 1 aliphatic carbocycles. The van der Waals surface area contributed by atoms with E-state index in [0.29, 0.717) is 12.8 Å². The normalized spacial score (nSPS) is 19.6. The Balaban J connectivity index is 2.08. The summed E-state index contributed by atoms with van der Waals surface area (Å²) in [7, 11) is 0. The van der Waals surface area contributed by atoms with Crippen molar-refractivity contribution < 1.29 is 10.0 Å². The van der Waals surface area contributed by atoms with Crippen LogP contribution in [0.1, 0.15) is 42.0 Å². The molecule has 1 fully saturated rings. The topological polar surface area (TPSA) is 87.7 Å². The minimum atomic E-state index is -0.810. The molecule has 6 heteroatoms. The van der Waals surface area contributed by atoms with Crippen LogP contribution in [0.4, 0.5) is 0 Å². The molecule has 0 aliphatic heterocycles. The number of thiophene rings is 1. The zero-order valence-electron chi connectivity index (χ0n) is 11.1. The Hall–Kier alpha value is -1.56. The van der Waals surface area contributed by atoms with E-state index in [1.54, 1.807) is 11.3 Å². The predicted molar refractivity (Wildman–Crippen MR) is 75.3 cm³/mol. The maximum Gasteiger partial charge on any atom is 0.234 e. The van der Waals surface area contributed by atoms with Gasteiger partial charge >= 0.3 is 0 Å². The number of rotatable bonds is 4. The quantitative estimate of drug-likeness (QED) is 0.342. The molecule has 0 aromatic carbocycles. The smallest absolute Gasteiger partial charge is 0.234 e. The van der Waals surface area contributed by atoms with Crippen LogP contribution in [-0.2, 0) is 4.79 Å². The van der Waals surface area contributed by atoms with Crippen molar-refractivity contribution in [1.29, 1.82) is 0 Å². The minimum Gasteiger partial charge on any atom is -0.409 e. The summed E-state index contributed by atoms with van der Waals surface area (Å²) in [6, 6.07) is 3.99. The zero-order valence-corrected chi connectivity index (χ0v) is 12.0. The molecule has 0 spiro atoms. The van der Waals surface area contributed by atoms with E-state index in [9.17, 15) is 4.79 Å². The van der Waals surface area contributed by atoms with Gasteiger partial charge in [0.15, 0.2) is 5.84 Å². The summed E-state index contributed by atoms with van der Waals surface area (Å²) in [5.41, 5.74) is 4.86. The van der Waals surface area contributed by atoms with Crippen molar-refractivity contribution in [3.8, 4) is 0 Å².